The zero-order valence-corrected chi connectivity index (χ0v) is 24.4. The predicted molar refractivity (Wildman–Crippen MR) is 143 cm³/mol. The molecular weight excluding hydrogens is 521 g/mol. The highest BCUT2D eigenvalue weighted by atomic mass is 35.5. The van der Waals surface area contributed by atoms with Gasteiger partial charge in [-0.25, -0.2) is 14.6 Å². The highest BCUT2D eigenvalue weighted by Gasteiger charge is 2.35. The van der Waals surface area contributed by atoms with Crippen molar-refractivity contribution in [3.63, 3.8) is 0 Å². The third kappa shape index (κ3) is 8.14. The number of nitrogens with zero attached hydrogens (tertiary/aromatic N) is 5. The molecule has 0 spiro atoms. The van der Waals surface area contributed by atoms with Crippen molar-refractivity contribution in [3.8, 4) is 5.75 Å². The van der Waals surface area contributed by atoms with Crippen LogP contribution in [0.3, 0.4) is 0 Å². The van der Waals surface area contributed by atoms with Crippen LogP contribution in [0.1, 0.15) is 67.2 Å². The summed E-state index contributed by atoms with van der Waals surface area (Å²) < 4.78 is 17.2. The third-order valence-corrected chi connectivity index (χ3v) is 6.60. The molecule has 2 saturated heterocycles. The Labute approximate surface area is 229 Å². The first-order valence-electron chi connectivity index (χ1n) is 12.7. The standard InChI is InChI=1S/C25H39Cl2N5O5/c1-24(2,3)36-22(33)30(7)17-10-13-31(15-17)20-18(19(26)28-21(27)29-20)35-14-11-16-9-8-12-32(16)23(34)37-25(4,5)6/h16-17H,8-15H2,1-7H3/t16-,17?/m0/s1. The van der Waals surface area contributed by atoms with Gasteiger partial charge in [-0.2, -0.15) is 4.98 Å². The van der Waals surface area contributed by atoms with Crippen LogP contribution in [-0.2, 0) is 9.47 Å². The number of rotatable bonds is 6. The molecule has 208 valence electrons. The molecule has 2 amide bonds. The molecule has 37 heavy (non-hydrogen) atoms. The van der Waals surface area contributed by atoms with Crippen LogP contribution in [-0.4, -0.2) is 88.5 Å². The average Bonchev–Trinajstić information content (AvgIpc) is 3.41. The summed E-state index contributed by atoms with van der Waals surface area (Å²) in [6.07, 6.45) is 2.45. The molecular formula is C25H39Cl2N5O5. The van der Waals surface area contributed by atoms with Gasteiger partial charge in [0.1, 0.15) is 11.2 Å². The predicted octanol–water partition coefficient (Wildman–Crippen LogP) is 5.40. The Bertz CT molecular complexity index is 981. The Morgan fingerprint density at radius 2 is 1.70 bits per heavy atom. The van der Waals surface area contributed by atoms with E-state index in [1.165, 1.54) is 0 Å². The van der Waals surface area contributed by atoms with E-state index < -0.39 is 11.2 Å². The Morgan fingerprint density at radius 3 is 2.35 bits per heavy atom. The number of likely N-dealkylation sites (N-methyl/N-ethyl adjacent to an activating group) is 1. The van der Waals surface area contributed by atoms with Gasteiger partial charge < -0.3 is 28.9 Å². The van der Waals surface area contributed by atoms with E-state index in [1.807, 2.05) is 46.4 Å². The molecule has 0 N–H and O–H groups in total. The maximum atomic E-state index is 12.6. The lowest BCUT2D eigenvalue weighted by atomic mass is 10.1. The fourth-order valence-corrected chi connectivity index (χ4v) is 4.88. The molecule has 2 aliphatic heterocycles. The molecule has 2 fully saturated rings. The number of halogens is 2. The normalized spacial score (nSPS) is 20.2. The van der Waals surface area contributed by atoms with Crippen LogP contribution in [0.5, 0.6) is 5.75 Å². The second kappa shape index (κ2) is 11.7. The first kappa shape index (κ1) is 29.4. The van der Waals surface area contributed by atoms with Crippen LogP contribution in [0.25, 0.3) is 0 Å². The van der Waals surface area contributed by atoms with Crippen LogP contribution < -0.4 is 9.64 Å². The van der Waals surface area contributed by atoms with Crippen LogP contribution >= 0.6 is 23.2 Å². The van der Waals surface area contributed by atoms with E-state index in [0.717, 1.165) is 19.3 Å². The van der Waals surface area contributed by atoms with Gasteiger partial charge in [-0.1, -0.05) is 11.6 Å². The minimum Gasteiger partial charge on any atom is -0.487 e. The molecule has 1 aromatic heterocycles. The van der Waals surface area contributed by atoms with Crippen molar-refractivity contribution in [2.75, 3.05) is 38.2 Å². The molecule has 0 aliphatic carbocycles. The van der Waals surface area contributed by atoms with Gasteiger partial charge >= 0.3 is 12.2 Å². The molecule has 2 aliphatic rings. The zero-order chi connectivity index (χ0) is 27.5. The van der Waals surface area contributed by atoms with Crippen molar-refractivity contribution in [3.05, 3.63) is 10.4 Å². The summed E-state index contributed by atoms with van der Waals surface area (Å²) in [6.45, 7) is 13.2. The number of hydrogen-bond donors (Lipinski definition) is 0. The SMILES string of the molecule is CN(C(=O)OC(C)(C)C)C1CCN(c2nc(Cl)nc(Cl)c2OCC[C@@H]2CCCN2C(=O)OC(C)(C)C)C1. The summed E-state index contributed by atoms with van der Waals surface area (Å²) in [5, 5.41) is 0.137. The van der Waals surface area contributed by atoms with E-state index in [9.17, 15) is 9.59 Å². The molecule has 10 nitrogen and oxygen atoms in total. The molecule has 1 aromatic rings. The minimum absolute atomic E-state index is 0.0168. The average molecular weight is 561 g/mol. The minimum atomic E-state index is -0.573. The van der Waals surface area contributed by atoms with Crippen LogP contribution in [0.4, 0.5) is 15.4 Å². The molecule has 3 heterocycles. The van der Waals surface area contributed by atoms with Crippen molar-refractivity contribution in [1.82, 2.24) is 19.8 Å². The maximum Gasteiger partial charge on any atom is 0.410 e. The smallest absolute Gasteiger partial charge is 0.410 e. The summed E-state index contributed by atoms with van der Waals surface area (Å²) in [7, 11) is 1.73. The molecule has 1 unspecified atom stereocenters. The Balaban J connectivity index is 1.65. The highest BCUT2D eigenvalue weighted by Crippen LogP contribution is 2.36. The van der Waals surface area contributed by atoms with Crippen LogP contribution in [0.2, 0.25) is 10.4 Å². The van der Waals surface area contributed by atoms with Gasteiger partial charge in [0, 0.05) is 39.1 Å². The Kier molecular flexibility index (Phi) is 9.27. The number of hydrogen-bond acceptors (Lipinski definition) is 8. The van der Waals surface area contributed by atoms with E-state index in [1.54, 1.807) is 16.8 Å². The third-order valence-electron chi connectivity index (χ3n) is 6.17. The van der Waals surface area contributed by atoms with Crippen molar-refractivity contribution in [2.24, 2.45) is 0 Å². The summed E-state index contributed by atoms with van der Waals surface area (Å²) in [4.78, 5) is 39.0. The quantitative estimate of drug-likeness (QED) is 0.337. The maximum absolute atomic E-state index is 12.6. The number of aromatic nitrogens is 2. The lowest BCUT2D eigenvalue weighted by molar-refractivity contribution is 0.0208. The summed E-state index contributed by atoms with van der Waals surface area (Å²) >= 11 is 12.6. The highest BCUT2D eigenvalue weighted by molar-refractivity contribution is 6.33. The molecule has 12 heteroatoms. The fourth-order valence-electron chi connectivity index (χ4n) is 4.45. The number of anilines is 1. The number of ether oxygens (including phenoxy) is 3. The zero-order valence-electron chi connectivity index (χ0n) is 22.8. The number of carbonyl (C=O) groups excluding carboxylic acids is 2. The lowest BCUT2D eigenvalue weighted by Crippen LogP contribution is -2.42. The molecule has 2 atom stereocenters. The van der Waals surface area contributed by atoms with Gasteiger partial charge in [0.05, 0.1) is 12.6 Å². The molecule has 0 bridgehead atoms. The molecule has 3 rings (SSSR count). The van der Waals surface area contributed by atoms with Crippen LogP contribution in [0.15, 0.2) is 0 Å². The van der Waals surface area contributed by atoms with Gasteiger partial charge in [0.15, 0.2) is 16.7 Å². The summed E-state index contributed by atoms with van der Waals surface area (Å²) in [6, 6.07) is -0.0555. The molecule has 0 aromatic carbocycles. The topological polar surface area (TPSA) is 97.3 Å². The first-order valence-corrected chi connectivity index (χ1v) is 13.5. The van der Waals surface area contributed by atoms with Gasteiger partial charge in [0.25, 0.3) is 0 Å². The van der Waals surface area contributed by atoms with Gasteiger partial charge in [-0.05, 0) is 72.4 Å². The summed E-state index contributed by atoms with van der Waals surface area (Å²) in [5.74, 6) is 0.828. The van der Waals surface area contributed by atoms with Gasteiger partial charge in [-0.3, -0.25) is 0 Å². The Morgan fingerprint density at radius 1 is 1.03 bits per heavy atom. The van der Waals surface area contributed by atoms with E-state index in [4.69, 9.17) is 37.4 Å². The number of amides is 2. The van der Waals surface area contributed by atoms with E-state index in [0.29, 0.717) is 44.2 Å². The van der Waals surface area contributed by atoms with Gasteiger partial charge in [-0.15, -0.1) is 0 Å². The van der Waals surface area contributed by atoms with Crippen molar-refractivity contribution in [2.45, 2.75) is 90.5 Å². The number of carbonyl (C=O) groups is 2. The Hall–Kier alpha value is -2.20. The second-order valence-corrected chi connectivity index (χ2v) is 12.2. The van der Waals surface area contributed by atoms with E-state index in [-0.39, 0.29) is 34.7 Å². The van der Waals surface area contributed by atoms with Crippen LogP contribution in [0, 0.1) is 0 Å². The first-order chi connectivity index (χ1) is 17.1. The lowest BCUT2D eigenvalue weighted by Gasteiger charge is -2.29. The van der Waals surface area contributed by atoms with Crippen molar-refractivity contribution >= 4 is 41.2 Å². The van der Waals surface area contributed by atoms with E-state index in [2.05, 4.69) is 9.97 Å². The second-order valence-electron chi connectivity index (χ2n) is 11.5. The number of likely N-dealkylation sites (tertiary alicyclic amines) is 1. The van der Waals surface area contributed by atoms with Crippen molar-refractivity contribution in [1.29, 1.82) is 0 Å². The van der Waals surface area contributed by atoms with Crippen molar-refractivity contribution < 1.29 is 23.8 Å². The fraction of sp³-hybridized carbons (Fsp3) is 0.760. The van der Waals surface area contributed by atoms with Gasteiger partial charge in [0.2, 0.25) is 5.28 Å². The monoisotopic (exact) mass is 559 g/mol. The molecule has 0 saturated carbocycles. The van der Waals surface area contributed by atoms with E-state index >= 15 is 0 Å². The molecule has 0 radical (unpaired) electrons. The summed E-state index contributed by atoms with van der Waals surface area (Å²) in [5.41, 5.74) is -1.12. The largest absolute Gasteiger partial charge is 0.487 e.